The molecule has 1 rings (SSSR count). The number of unbranched alkanes of at least 4 members (excludes halogenated alkanes) is 6. The Kier molecular flexibility index (Phi) is 9.33. The van der Waals surface area contributed by atoms with E-state index >= 15 is 0 Å². The summed E-state index contributed by atoms with van der Waals surface area (Å²) in [5, 5.41) is 4.64. The van der Waals surface area contributed by atoms with Crippen LogP contribution in [-0.4, -0.2) is 7.05 Å². The van der Waals surface area contributed by atoms with Gasteiger partial charge < -0.3 is 5.32 Å². The van der Waals surface area contributed by atoms with Gasteiger partial charge in [-0.1, -0.05) is 81.1 Å². The molecule has 1 aromatic carbocycles. The molecule has 0 heterocycles. The first-order valence-electron chi connectivity index (χ1n) is 7.81. The van der Waals surface area contributed by atoms with Crippen LogP contribution in [0.5, 0.6) is 0 Å². The normalized spacial score (nSPS) is 12.6. The smallest absolute Gasteiger partial charge is 0.0595 e. The minimum Gasteiger partial charge on any atom is -0.313 e. The molecule has 1 unspecified atom stereocenters. The number of halogens is 2. The molecule has 0 saturated heterocycles. The molecule has 1 aromatic rings. The molecule has 0 aliphatic carbocycles. The zero-order valence-corrected chi connectivity index (χ0v) is 14.2. The van der Waals surface area contributed by atoms with Gasteiger partial charge in [-0.2, -0.15) is 0 Å². The van der Waals surface area contributed by atoms with Crippen molar-refractivity contribution in [3.05, 3.63) is 33.8 Å². The molecule has 0 aliphatic rings. The first-order chi connectivity index (χ1) is 9.69. The highest BCUT2D eigenvalue weighted by Crippen LogP contribution is 2.27. The van der Waals surface area contributed by atoms with Crippen molar-refractivity contribution in [2.24, 2.45) is 0 Å². The molecule has 0 aromatic heterocycles. The van der Waals surface area contributed by atoms with Crippen LogP contribution in [0.2, 0.25) is 10.0 Å². The van der Waals surface area contributed by atoms with Crippen LogP contribution in [0.3, 0.4) is 0 Å². The van der Waals surface area contributed by atoms with Crippen molar-refractivity contribution < 1.29 is 0 Å². The average molecular weight is 316 g/mol. The lowest BCUT2D eigenvalue weighted by molar-refractivity contribution is 0.496. The fraction of sp³-hybridized carbons (Fsp3) is 0.647. The number of hydrogen-bond acceptors (Lipinski definition) is 1. The maximum absolute atomic E-state index is 6.09. The second-order valence-corrected chi connectivity index (χ2v) is 6.24. The van der Waals surface area contributed by atoms with Gasteiger partial charge >= 0.3 is 0 Å². The molecule has 20 heavy (non-hydrogen) atoms. The van der Waals surface area contributed by atoms with Gasteiger partial charge in [-0.25, -0.2) is 0 Å². The van der Waals surface area contributed by atoms with Gasteiger partial charge in [0.25, 0.3) is 0 Å². The van der Waals surface area contributed by atoms with Gasteiger partial charge in [-0.3, -0.25) is 0 Å². The quantitative estimate of drug-likeness (QED) is 0.493. The van der Waals surface area contributed by atoms with Gasteiger partial charge in [0.05, 0.1) is 10.0 Å². The number of hydrogen-bond donors (Lipinski definition) is 1. The molecular weight excluding hydrogens is 289 g/mol. The van der Waals surface area contributed by atoms with Crippen molar-refractivity contribution in [2.45, 2.75) is 64.3 Å². The predicted octanol–water partition coefficient (Wildman–Crippen LogP) is 6.39. The van der Waals surface area contributed by atoms with E-state index in [1.54, 1.807) is 0 Å². The number of nitrogens with one attached hydrogen (secondary N) is 1. The molecule has 114 valence electrons. The Bertz CT molecular complexity index is 379. The summed E-state index contributed by atoms with van der Waals surface area (Å²) in [4.78, 5) is 0. The van der Waals surface area contributed by atoms with Crippen molar-refractivity contribution in [2.75, 3.05) is 7.05 Å². The number of rotatable bonds is 10. The Hall–Kier alpha value is -0.240. The molecule has 0 amide bonds. The third-order valence-electron chi connectivity index (χ3n) is 3.79. The topological polar surface area (TPSA) is 12.0 Å². The van der Waals surface area contributed by atoms with Gasteiger partial charge in [0.1, 0.15) is 0 Å². The Balaban J connectivity index is 2.30. The standard InChI is InChI=1S/C17H27Cl2N/c1-3-4-5-6-7-8-9-10-17(20-2)14-11-12-15(18)16(19)13-14/h11-13,17,20H,3-10H2,1-2H3. The van der Waals surface area contributed by atoms with Crippen molar-refractivity contribution in [1.29, 1.82) is 0 Å². The third-order valence-corrected chi connectivity index (χ3v) is 4.53. The van der Waals surface area contributed by atoms with E-state index in [4.69, 9.17) is 23.2 Å². The van der Waals surface area contributed by atoms with E-state index in [0.717, 1.165) is 6.42 Å². The number of benzene rings is 1. The van der Waals surface area contributed by atoms with Crippen LogP contribution in [0.25, 0.3) is 0 Å². The molecule has 1 N–H and O–H groups in total. The molecular formula is C17H27Cl2N. The maximum Gasteiger partial charge on any atom is 0.0595 e. The molecule has 0 bridgehead atoms. The molecule has 0 fully saturated rings. The van der Waals surface area contributed by atoms with Crippen LogP contribution in [-0.2, 0) is 0 Å². The van der Waals surface area contributed by atoms with Crippen LogP contribution < -0.4 is 5.32 Å². The fourth-order valence-electron chi connectivity index (χ4n) is 2.51. The first kappa shape index (κ1) is 17.8. The van der Waals surface area contributed by atoms with Crippen molar-refractivity contribution >= 4 is 23.2 Å². The van der Waals surface area contributed by atoms with Gasteiger partial charge in [0.2, 0.25) is 0 Å². The highest BCUT2D eigenvalue weighted by molar-refractivity contribution is 6.42. The van der Waals surface area contributed by atoms with Gasteiger partial charge in [-0.15, -0.1) is 0 Å². The van der Waals surface area contributed by atoms with Gasteiger partial charge in [-0.05, 0) is 31.2 Å². The van der Waals surface area contributed by atoms with E-state index in [1.165, 1.54) is 50.5 Å². The zero-order valence-electron chi connectivity index (χ0n) is 12.7. The Morgan fingerprint density at radius 1 is 0.950 bits per heavy atom. The Morgan fingerprint density at radius 2 is 1.60 bits per heavy atom. The van der Waals surface area contributed by atoms with E-state index < -0.39 is 0 Å². The summed E-state index contributed by atoms with van der Waals surface area (Å²) in [6.07, 6.45) is 10.6. The largest absolute Gasteiger partial charge is 0.313 e. The minimum absolute atomic E-state index is 0.375. The van der Waals surface area contributed by atoms with Crippen LogP contribution >= 0.6 is 23.2 Å². The summed E-state index contributed by atoms with van der Waals surface area (Å²) in [6, 6.07) is 6.30. The van der Waals surface area contributed by atoms with E-state index in [0.29, 0.717) is 16.1 Å². The predicted molar refractivity (Wildman–Crippen MR) is 90.9 cm³/mol. The highest BCUT2D eigenvalue weighted by Gasteiger charge is 2.10. The summed E-state index contributed by atoms with van der Waals surface area (Å²) in [5.41, 5.74) is 1.23. The Labute approximate surface area is 134 Å². The van der Waals surface area contributed by atoms with Gasteiger partial charge in [0.15, 0.2) is 0 Å². The Morgan fingerprint density at radius 3 is 2.20 bits per heavy atom. The van der Waals surface area contributed by atoms with E-state index in [2.05, 4.69) is 18.3 Å². The molecule has 0 radical (unpaired) electrons. The second-order valence-electron chi connectivity index (χ2n) is 5.42. The summed E-state index contributed by atoms with van der Waals surface area (Å²) in [7, 11) is 2.01. The summed E-state index contributed by atoms with van der Waals surface area (Å²) in [6.45, 7) is 2.26. The molecule has 0 saturated carbocycles. The maximum atomic E-state index is 6.09. The summed E-state index contributed by atoms with van der Waals surface area (Å²) < 4.78 is 0. The van der Waals surface area contributed by atoms with Crippen molar-refractivity contribution in [3.8, 4) is 0 Å². The van der Waals surface area contributed by atoms with Gasteiger partial charge in [0, 0.05) is 6.04 Å². The van der Waals surface area contributed by atoms with E-state index in [1.807, 2.05) is 19.2 Å². The first-order valence-corrected chi connectivity index (χ1v) is 8.56. The van der Waals surface area contributed by atoms with E-state index in [-0.39, 0.29) is 0 Å². The zero-order chi connectivity index (χ0) is 14.8. The highest BCUT2D eigenvalue weighted by atomic mass is 35.5. The van der Waals surface area contributed by atoms with Crippen LogP contribution in [0.1, 0.15) is 69.9 Å². The van der Waals surface area contributed by atoms with Crippen molar-refractivity contribution in [1.82, 2.24) is 5.32 Å². The molecule has 3 heteroatoms. The van der Waals surface area contributed by atoms with E-state index in [9.17, 15) is 0 Å². The SMILES string of the molecule is CCCCCCCCCC(NC)c1ccc(Cl)c(Cl)c1. The summed E-state index contributed by atoms with van der Waals surface area (Å²) in [5.74, 6) is 0. The van der Waals surface area contributed by atoms with Crippen LogP contribution in [0.4, 0.5) is 0 Å². The summed E-state index contributed by atoms with van der Waals surface area (Å²) >= 11 is 12.1. The second kappa shape index (κ2) is 10.5. The third kappa shape index (κ3) is 6.47. The molecule has 1 atom stereocenters. The molecule has 0 aliphatic heterocycles. The minimum atomic E-state index is 0.375. The molecule has 0 spiro atoms. The average Bonchev–Trinajstić information content (AvgIpc) is 2.45. The van der Waals surface area contributed by atoms with Crippen LogP contribution in [0, 0.1) is 0 Å². The van der Waals surface area contributed by atoms with Crippen LogP contribution in [0.15, 0.2) is 18.2 Å². The fourth-order valence-corrected chi connectivity index (χ4v) is 2.82. The lowest BCUT2D eigenvalue weighted by Crippen LogP contribution is -2.16. The lowest BCUT2D eigenvalue weighted by Gasteiger charge is -2.17. The molecule has 1 nitrogen and oxygen atoms in total. The lowest BCUT2D eigenvalue weighted by atomic mass is 9.99. The monoisotopic (exact) mass is 315 g/mol. The van der Waals surface area contributed by atoms with Crippen molar-refractivity contribution in [3.63, 3.8) is 0 Å².